The molecule has 2 aliphatic rings. The highest BCUT2D eigenvalue weighted by molar-refractivity contribution is 14.0. The van der Waals surface area contributed by atoms with Crippen LogP contribution in [0.15, 0.2) is 16.4 Å². The molecule has 8 heteroatoms. The molecule has 1 N–H and O–H groups in total. The first-order chi connectivity index (χ1) is 13.1. The molecule has 158 valence electrons. The molecule has 0 aromatic carbocycles. The largest absolute Gasteiger partial charge is 0.357 e. The Morgan fingerprint density at radius 1 is 1.36 bits per heavy atom. The van der Waals surface area contributed by atoms with Gasteiger partial charge in [0.15, 0.2) is 5.96 Å². The van der Waals surface area contributed by atoms with E-state index in [-0.39, 0.29) is 29.9 Å². The molecule has 2 aliphatic heterocycles. The molecule has 0 bridgehead atoms. The Bertz CT molecular complexity index is 664. The van der Waals surface area contributed by atoms with Gasteiger partial charge in [-0.15, -0.1) is 35.3 Å². The van der Waals surface area contributed by atoms with Crippen molar-refractivity contribution in [1.29, 1.82) is 0 Å². The second-order valence-corrected chi connectivity index (χ2v) is 9.87. The minimum absolute atomic E-state index is 0. The zero-order chi connectivity index (χ0) is 19.2. The van der Waals surface area contributed by atoms with E-state index in [2.05, 4.69) is 54.2 Å². The summed E-state index contributed by atoms with van der Waals surface area (Å²) in [6, 6.07) is 2.15. The van der Waals surface area contributed by atoms with Gasteiger partial charge in [-0.3, -0.25) is 9.79 Å². The lowest BCUT2D eigenvalue weighted by Gasteiger charge is -2.36. The van der Waals surface area contributed by atoms with Gasteiger partial charge in [-0.1, -0.05) is 13.8 Å². The van der Waals surface area contributed by atoms with Crippen molar-refractivity contribution in [3.8, 4) is 0 Å². The molecule has 0 aliphatic carbocycles. The van der Waals surface area contributed by atoms with Crippen LogP contribution in [0.25, 0.3) is 0 Å². The number of nitrogens with zero attached hydrogens (tertiary/aromatic N) is 3. The fourth-order valence-corrected chi connectivity index (χ4v) is 5.76. The Morgan fingerprint density at radius 3 is 2.93 bits per heavy atom. The van der Waals surface area contributed by atoms with Crippen LogP contribution in [0.5, 0.6) is 0 Å². The normalized spacial score (nSPS) is 20.0. The van der Waals surface area contributed by atoms with Crippen LogP contribution in [0.4, 0.5) is 0 Å². The summed E-state index contributed by atoms with van der Waals surface area (Å²) in [6.07, 6.45) is 1.48. The van der Waals surface area contributed by atoms with Gasteiger partial charge < -0.3 is 15.1 Å². The topological polar surface area (TPSA) is 47.9 Å². The third kappa shape index (κ3) is 6.26. The third-order valence-corrected chi connectivity index (χ3v) is 7.78. The number of hydrogen-bond donors (Lipinski definition) is 1. The Kier molecular flexibility index (Phi) is 9.89. The Hall–Kier alpha value is -0.480. The van der Waals surface area contributed by atoms with Gasteiger partial charge in [0.1, 0.15) is 0 Å². The summed E-state index contributed by atoms with van der Waals surface area (Å²) in [7, 11) is 0. The zero-order valence-corrected chi connectivity index (χ0v) is 21.1. The van der Waals surface area contributed by atoms with Crippen molar-refractivity contribution in [2.45, 2.75) is 45.4 Å². The van der Waals surface area contributed by atoms with Crippen molar-refractivity contribution < 1.29 is 4.79 Å². The molecule has 1 aromatic rings. The predicted octanol–water partition coefficient (Wildman–Crippen LogP) is 3.68. The molecule has 1 fully saturated rings. The van der Waals surface area contributed by atoms with Crippen LogP contribution in [0.2, 0.25) is 0 Å². The maximum atomic E-state index is 12.6. The SMILES string of the molecule is CCNC(=NCCC(=O)N1CCc2sccc2C1)N1CCSC(C(C)C)C1.I. The fraction of sp³-hybridized carbons (Fsp3) is 0.700. The molecule has 1 aromatic heterocycles. The molecule has 1 saturated heterocycles. The number of thioether (sulfide) groups is 1. The molecule has 1 amide bonds. The number of carbonyl (C=O) groups is 1. The number of thiophene rings is 1. The first-order valence-corrected chi connectivity index (χ1v) is 12.0. The van der Waals surface area contributed by atoms with Gasteiger partial charge in [-0.2, -0.15) is 11.8 Å². The number of halogens is 1. The predicted molar refractivity (Wildman–Crippen MR) is 132 cm³/mol. The minimum Gasteiger partial charge on any atom is -0.357 e. The lowest BCUT2D eigenvalue weighted by Crippen LogP contribution is -2.49. The Morgan fingerprint density at radius 2 is 2.18 bits per heavy atom. The number of fused-ring (bicyclic) bond motifs is 1. The van der Waals surface area contributed by atoms with Crippen LogP contribution in [-0.4, -0.2) is 65.4 Å². The molecule has 1 unspecified atom stereocenters. The summed E-state index contributed by atoms with van der Waals surface area (Å²) < 4.78 is 0. The number of carbonyl (C=O) groups excluding carboxylic acids is 1. The van der Waals surface area contributed by atoms with E-state index in [1.54, 1.807) is 0 Å². The maximum absolute atomic E-state index is 12.6. The second-order valence-electron chi connectivity index (χ2n) is 7.52. The maximum Gasteiger partial charge on any atom is 0.224 e. The van der Waals surface area contributed by atoms with Crippen LogP contribution in [0.1, 0.15) is 37.6 Å². The summed E-state index contributed by atoms with van der Waals surface area (Å²) in [5.74, 6) is 3.00. The zero-order valence-electron chi connectivity index (χ0n) is 17.1. The summed E-state index contributed by atoms with van der Waals surface area (Å²) in [4.78, 5) is 23.2. The quantitative estimate of drug-likeness (QED) is 0.355. The van der Waals surface area contributed by atoms with Crippen molar-refractivity contribution in [3.05, 3.63) is 21.9 Å². The summed E-state index contributed by atoms with van der Waals surface area (Å²) >= 11 is 3.88. The van der Waals surface area contributed by atoms with E-state index in [4.69, 9.17) is 4.99 Å². The second kappa shape index (κ2) is 11.6. The molecule has 3 rings (SSSR count). The van der Waals surface area contributed by atoms with E-state index in [0.29, 0.717) is 24.1 Å². The number of rotatable bonds is 5. The average molecular weight is 537 g/mol. The summed E-state index contributed by atoms with van der Waals surface area (Å²) in [5.41, 5.74) is 1.32. The van der Waals surface area contributed by atoms with Gasteiger partial charge in [0.05, 0.1) is 6.54 Å². The van der Waals surface area contributed by atoms with E-state index >= 15 is 0 Å². The molecule has 28 heavy (non-hydrogen) atoms. The molecule has 0 saturated carbocycles. The van der Waals surface area contributed by atoms with Crippen LogP contribution in [0, 0.1) is 5.92 Å². The van der Waals surface area contributed by atoms with E-state index in [9.17, 15) is 4.79 Å². The van der Waals surface area contributed by atoms with Gasteiger partial charge in [0.2, 0.25) is 5.91 Å². The van der Waals surface area contributed by atoms with Gasteiger partial charge in [0, 0.05) is 55.0 Å². The Balaban J connectivity index is 0.00000280. The Labute approximate surface area is 194 Å². The lowest BCUT2D eigenvalue weighted by molar-refractivity contribution is -0.131. The van der Waals surface area contributed by atoms with Crippen LogP contribution in [0.3, 0.4) is 0 Å². The highest BCUT2D eigenvalue weighted by atomic mass is 127. The number of guanidine groups is 1. The van der Waals surface area contributed by atoms with Crippen molar-refractivity contribution in [3.63, 3.8) is 0 Å². The lowest BCUT2D eigenvalue weighted by atomic mass is 10.1. The first-order valence-electron chi connectivity index (χ1n) is 10.1. The van der Waals surface area contributed by atoms with Crippen LogP contribution >= 0.6 is 47.1 Å². The van der Waals surface area contributed by atoms with Gasteiger partial charge in [-0.25, -0.2) is 0 Å². The fourth-order valence-electron chi connectivity index (χ4n) is 3.57. The van der Waals surface area contributed by atoms with Crippen molar-refractivity contribution in [2.24, 2.45) is 10.9 Å². The standard InChI is InChI=1S/C20H32N4OS2.HI/c1-4-21-20(24-10-12-27-18(14-24)15(2)3)22-8-5-19(25)23-9-6-17-16(13-23)7-11-26-17;/h7,11,15,18H,4-6,8-10,12-14H2,1-3H3,(H,21,22);1H. The van der Waals surface area contributed by atoms with E-state index in [1.165, 1.54) is 10.4 Å². The molecule has 3 heterocycles. The van der Waals surface area contributed by atoms with E-state index in [1.807, 2.05) is 16.2 Å². The minimum atomic E-state index is 0. The van der Waals surface area contributed by atoms with E-state index < -0.39 is 0 Å². The van der Waals surface area contributed by atoms with Gasteiger partial charge in [-0.05, 0) is 36.3 Å². The number of nitrogens with one attached hydrogen (secondary N) is 1. The highest BCUT2D eigenvalue weighted by Crippen LogP contribution is 2.25. The van der Waals surface area contributed by atoms with Crippen LogP contribution in [-0.2, 0) is 17.8 Å². The van der Waals surface area contributed by atoms with Gasteiger partial charge >= 0.3 is 0 Å². The summed E-state index contributed by atoms with van der Waals surface area (Å²) in [5, 5.41) is 6.20. The number of amides is 1. The van der Waals surface area contributed by atoms with Gasteiger partial charge in [0.25, 0.3) is 0 Å². The smallest absolute Gasteiger partial charge is 0.224 e. The molecular weight excluding hydrogens is 503 g/mol. The summed E-state index contributed by atoms with van der Waals surface area (Å²) in [6.45, 7) is 11.8. The third-order valence-electron chi connectivity index (χ3n) is 5.22. The molecule has 0 radical (unpaired) electrons. The van der Waals surface area contributed by atoms with Crippen LogP contribution < -0.4 is 5.32 Å². The highest BCUT2D eigenvalue weighted by Gasteiger charge is 2.25. The molecule has 0 spiro atoms. The van der Waals surface area contributed by atoms with Crippen molar-refractivity contribution in [1.82, 2.24) is 15.1 Å². The monoisotopic (exact) mass is 536 g/mol. The molecule has 1 atom stereocenters. The van der Waals surface area contributed by atoms with E-state index in [0.717, 1.165) is 50.9 Å². The molecular formula is C20H33IN4OS2. The number of hydrogen-bond acceptors (Lipinski definition) is 4. The first kappa shape index (κ1) is 23.8. The van der Waals surface area contributed by atoms with Crippen molar-refractivity contribution in [2.75, 3.05) is 38.5 Å². The average Bonchev–Trinajstić information content (AvgIpc) is 3.15. The molecule has 5 nitrogen and oxygen atoms in total. The number of aliphatic imine (C=N–C) groups is 1. The van der Waals surface area contributed by atoms with Crippen molar-refractivity contribution >= 4 is 58.9 Å².